The van der Waals surface area contributed by atoms with Gasteiger partial charge in [0.2, 0.25) is 10.0 Å². The van der Waals surface area contributed by atoms with E-state index in [4.69, 9.17) is 17.3 Å². The van der Waals surface area contributed by atoms with Crippen LogP contribution in [0.15, 0.2) is 17.0 Å². The Hall–Kier alpha value is -0.780. The second-order valence-electron chi connectivity index (χ2n) is 6.11. The smallest absolute Gasteiger partial charge is 0.242 e. The SMILES string of the molecule is Cc1cc(Cl)c(S(=O)(=O)NCC(C)(C)C(C)C)cc1N. The van der Waals surface area contributed by atoms with Crippen LogP contribution in [0.5, 0.6) is 0 Å². The minimum atomic E-state index is -3.66. The van der Waals surface area contributed by atoms with Crippen molar-refractivity contribution in [3.05, 3.63) is 22.7 Å². The first-order valence-corrected chi connectivity index (χ1v) is 8.39. The van der Waals surface area contributed by atoms with Crippen molar-refractivity contribution in [1.82, 2.24) is 4.72 Å². The van der Waals surface area contributed by atoms with Gasteiger partial charge < -0.3 is 5.73 Å². The first kappa shape index (κ1) is 17.3. The molecule has 0 aliphatic rings. The number of nitrogens with one attached hydrogen (secondary N) is 1. The fourth-order valence-electron chi connectivity index (χ4n) is 1.44. The summed E-state index contributed by atoms with van der Waals surface area (Å²) in [5.41, 5.74) is 6.80. The van der Waals surface area contributed by atoms with Gasteiger partial charge in [-0.25, -0.2) is 13.1 Å². The molecule has 4 nitrogen and oxygen atoms in total. The van der Waals surface area contributed by atoms with Gasteiger partial charge in [0.05, 0.1) is 5.02 Å². The number of rotatable bonds is 5. The zero-order valence-electron chi connectivity index (χ0n) is 12.6. The number of hydrogen-bond donors (Lipinski definition) is 2. The summed E-state index contributed by atoms with van der Waals surface area (Å²) < 4.78 is 27.3. The van der Waals surface area contributed by atoms with Crippen molar-refractivity contribution >= 4 is 27.3 Å². The molecule has 3 N–H and O–H groups in total. The summed E-state index contributed by atoms with van der Waals surface area (Å²) in [6, 6.07) is 2.97. The summed E-state index contributed by atoms with van der Waals surface area (Å²) in [5, 5.41) is 0.187. The maximum absolute atomic E-state index is 12.3. The number of sulfonamides is 1. The Morgan fingerprint density at radius 1 is 1.35 bits per heavy atom. The third-order valence-corrected chi connectivity index (χ3v) is 5.76. The van der Waals surface area contributed by atoms with Crippen molar-refractivity contribution in [2.24, 2.45) is 11.3 Å². The van der Waals surface area contributed by atoms with Gasteiger partial charge in [0.15, 0.2) is 0 Å². The third kappa shape index (κ3) is 3.87. The highest BCUT2D eigenvalue weighted by Gasteiger charge is 2.26. The van der Waals surface area contributed by atoms with Gasteiger partial charge in [-0.15, -0.1) is 0 Å². The summed E-state index contributed by atoms with van der Waals surface area (Å²) >= 11 is 6.02. The van der Waals surface area contributed by atoms with Crippen LogP contribution in [0.3, 0.4) is 0 Å². The number of benzene rings is 1. The molecule has 0 aliphatic heterocycles. The largest absolute Gasteiger partial charge is 0.398 e. The fraction of sp³-hybridized carbons (Fsp3) is 0.571. The molecule has 114 valence electrons. The lowest BCUT2D eigenvalue weighted by molar-refractivity contribution is 0.252. The molecule has 0 unspecified atom stereocenters. The average Bonchev–Trinajstić information content (AvgIpc) is 2.31. The first-order chi connectivity index (χ1) is 8.97. The van der Waals surface area contributed by atoms with Gasteiger partial charge in [0, 0.05) is 12.2 Å². The van der Waals surface area contributed by atoms with Crippen LogP contribution in [0.1, 0.15) is 33.3 Å². The zero-order valence-corrected chi connectivity index (χ0v) is 14.2. The van der Waals surface area contributed by atoms with Gasteiger partial charge in [-0.05, 0) is 36.0 Å². The topological polar surface area (TPSA) is 72.2 Å². The van der Waals surface area contributed by atoms with Crippen LogP contribution in [0, 0.1) is 18.3 Å². The number of halogens is 1. The van der Waals surface area contributed by atoms with Crippen molar-refractivity contribution in [3.8, 4) is 0 Å². The lowest BCUT2D eigenvalue weighted by Crippen LogP contribution is -2.37. The van der Waals surface area contributed by atoms with Crippen LogP contribution in [0.4, 0.5) is 5.69 Å². The minimum Gasteiger partial charge on any atom is -0.398 e. The van der Waals surface area contributed by atoms with Gasteiger partial charge in [-0.1, -0.05) is 39.3 Å². The van der Waals surface area contributed by atoms with Gasteiger partial charge in [-0.3, -0.25) is 0 Å². The Bertz CT molecular complexity index is 595. The van der Waals surface area contributed by atoms with Crippen LogP contribution < -0.4 is 10.5 Å². The summed E-state index contributed by atoms with van der Waals surface area (Å²) in [5.74, 6) is 0.351. The molecule has 0 saturated carbocycles. The highest BCUT2D eigenvalue weighted by molar-refractivity contribution is 7.89. The van der Waals surface area contributed by atoms with Crippen LogP contribution in [-0.2, 0) is 10.0 Å². The number of nitrogens with two attached hydrogens (primary N) is 1. The Morgan fingerprint density at radius 2 is 1.90 bits per heavy atom. The van der Waals surface area contributed by atoms with E-state index in [9.17, 15) is 8.42 Å². The molecular formula is C14H23ClN2O2S. The van der Waals surface area contributed by atoms with Crippen molar-refractivity contribution in [1.29, 1.82) is 0 Å². The monoisotopic (exact) mass is 318 g/mol. The van der Waals surface area contributed by atoms with E-state index < -0.39 is 10.0 Å². The van der Waals surface area contributed by atoms with E-state index in [1.807, 2.05) is 13.8 Å². The molecule has 0 spiro atoms. The van der Waals surface area contributed by atoms with Crippen LogP contribution in [-0.4, -0.2) is 15.0 Å². The molecule has 0 bridgehead atoms. The molecule has 6 heteroatoms. The Kier molecular flexibility index (Phi) is 5.11. The molecule has 0 atom stereocenters. The maximum atomic E-state index is 12.3. The van der Waals surface area contributed by atoms with Crippen LogP contribution in [0.25, 0.3) is 0 Å². The molecule has 1 aromatic rings. The van der Waals surface area contributed by atoms with E-state index >= 15 is 0 Å². The van der Waals surface area contributed by atoms with Crippen molar-refractivity contribution in [3.63, 3.8) is 0 Å². The maximum Gasteiger partial charge on any atom is 0.242 e. The fourth-order valence-corrected chi connectivity index (χ4v) is 3.28. The molecule has 1 aromatic carbocycles. The van der Waals surface area contributed by atoms with E-state index in [0.717, 1.165) is 5.56 Å². The molecule has 1 rings (SSSR count). The molecule has 20 heavy (non-hydrogen) atoms. The lowest BCUT2D eigenvalue weighted by Gasteiger charge is -2.29. The molecular weight excluding hydrogens is 296 g/mol. The molecule has 0 fully saturated rings. The second-order valence-corrected chi connectivity index (χ2v) is 8.25. The van der Waals surface area contributed by atoms with Gasteiger partial charge in [-0.2, -0.15) is 0 Å². The van der Waals surface area contributed by atoms with E-state index in [-0.39, 0.29) is 15.3 Å². The van der Waals surface area contributed by atoms with Gasteiger partial charge in [0.25, 0.3) is 0 Å². The lowest BCUT2D eigenvalue weighted by atomic mass is 9.81. The molecule has 0 aromatic heterocycles. The third-order valence-electron chi connectivity index (χ3n) is 3.89. The second kappa shape index (κ2) is 5.92. The van der Waals surface area contributed by atoms with Crippen molar-refractivity contribution in [2.45, 2.75) is 39.5 Å². The van der Waals surface area contributed by atoms with Gasteiger partial charge in [0.1, 0.15) is 4.90 Å². The van der Waals surface area contributed by atoms with E-state index in [1.165, 1.54) is 6.07 Å². The first-order valence-electron chi connectivity index (χ1n) is 6.52. The standard InChI is InChI=1S/C14H23ClN2O2S/c1-9(2)14(4,5)8-17-20(18,19)13-7-12(16)10(3)6-11(13)15/h6-7,9,17H,8,16H2,1-5H3. The quantitative estimate of drug-likeness (QED) is 0.819. The van der Waals surface area contributed by atoms with Crippen molar-refractivity contribution in [2.75, 3.05) is 12.3 Å². The predicted molar refractivity (Wildman–Crippen MR) is 84.4 cm³/mol. The number of anilines is 1. The summed E-state index contributed by atoms with van der Waals surface area (Å²) in [6.07, 6.45) is 0. The summed E-state index contributed by atoms with van der Waals surface area (Å²) in [4.78, 5) is 0.0295. The average molecular weight is 319 g/mol. The minimum absolute atomic E-state index is 0.0295. The number of aryl methyl sites for hydroxylation is 1. The highest BCUT2D eigenvalue weighted by atomic mass is 35.5. The molecule has 0 aliphatic carbocycles. The van der Waals surface area contributed by atoms with E-state index in [0.29, 0.717) is 18.2 Å². The Balaban J connectivity index is 3.04. The predicted octanol–water partition coefficient (Wildman–Crippen LogP) is 3.19. The number of nitrogen functional groups attached to an aromatic ring is 1. The molecule has 0 heterocycles. The summed E-state index contributed by atoms with van der Waals surface area (Å²) in [7, 11) is -3.66. The van der Waals surface area contributed by atoms with Crippen LogP contribution in [0.2, 0.25) is 5.02 Å². The molecule has 0 amide bonds. The normalized spacial score (nSPS) is 12.9. The number of hydrogen-bond acceptors (Lipinski definition) is 3. The zero-order chi connectivity index (χ0) is 15.7. The Labute approximate surface area is 126 Å². The summed E-state index contributed by atoms with van der Waals surface area (Å²) in [6.45, 7) is 10.3. The van der Waals surface area contributed by atoms with E-state index in [1.54, 1.807) is 13.0 Å². The van der Waals surface area contributed by atoms with E-state index in [2.05, 4.69) is 18.6 Å². The highest BCUT2D eigenvalue weighted by Crippen LogP contribution is 2.29. The van der Waals surface area contributed by atoms with Gasteiger partial charge >= 0.3 is 0 Å². The van der Waals surface area contributed by atoms with Crippen molar-refractivity contribution < 1.29 is 8.42 Å². The Morgan fingerprint density at radius 3 is 2.40 bits per heavy atom. The molecule has 0 saturated heterocycles. The van der Waals surface area contributed by atoms with Crippen LogP contribution >= 0.6 is 11.6 Å². The molecule has 0 radical (unpaired) electrons.